The van der Waals surface area contributed by atoms with Gasteiger partial charge in [-0.2, -0.15) is 11.8 Å². The zero-order valence-corrected chi connectivity index (χ0v) is 7.44. The second-order valence-electron chi connectivity index (χ2n) is 2.59. The van der Waals surface area contributed by atoms with Gasteiger partial charge in [-0.05, 0) is 5.25 Å². The van der Waals surface area contributed by atoms with E-state index in [9.17, 15) is 4.79 Å². The van der Waals surface area contributed by atoms with Gasteiger partial charge in [0.25, 0.3) is 0 Å². The molecular formula is C7H14O2S. The topological polar surface area (TPSA) is 37.3 Å². The Morgan fingerprint density at radius 1 is 1.50 bits per heavy atom. The molecule has 2 nitrogen and oxygen atoms in total. The molecule has 3 heteroatoms. The van der Waals surface area contributed by atoms with E-state index in [1.54, 1.807) is 11.8 Å². The van der Waals surface area contributed by atoms with E-state index in [0.717, 1.165) is 0 Å². The molecule has 0 aliphatic heterocycles. The zero-order valence-electron chi connectivity index (χ0n) is 6.63. The van der Waals surface area contributed by atoms with Crippen molar-refractivity contribution in [3.8, 4) is 0 Å². The first-order chi connectivity index (χ1) is 4.52. The lowest BCUT2D eigenvalue weighted by molar-refractivity contribution is -0.136. The third kappa shape index (κ3) is 5.95. The summed E-state index contributed by atoms with van der Waals surface area (Å²) >= 11 is 1.70. The minimum atomic E-state index is -0.708. The van der Waals surface area contributed by atoms with Crippen LogP contribution < -0.4 is 0 Å². The minimum Gasteiger partial charge on any atom is -0.481 e. The van der Waals surface area contributed by atoms with Gasteiger partial charge in [-0.25, -0.2) is 0 Å². The van der Waals surface area contributed by atoms with Crippen LogP contribution >= 0.6 is 11.8 Å². The maximum atomic E-state index is 10.2. The number of carboxylic acid groups (broad SMARTS) is 1. The SMILES string of the molecule is CC(C)SC(C)CC(=O)O. The van der Waals surface area contributed by atoms with Crippen molar-refractivity contribution < 1.29 is 9.90 Å². The van der Waals surface area contributed by atoms with Gasteiger partial charge in [0, 0.05) is 5.25 Å². The predicted molar refractivity (Wildman–Crippen MR) is 44.4 cm³/mol. The van der Waals surface area contributed by atoms with Crippen LogP contribution in [0.1, 0.15) is 27.2 Å². The predicted octanol–water partition coefficient (Wildman–Crippen LogP) is 1.99. The standard InChI is InChI=1S/C7H14O2S/c1-5(2)10-6(3)4-7(8)9/h5-6H,4H2,1-3H3,(H,8,9). The number of aliphatic carboxylic acids is 1. The average Bonchev–Trinajstić information content (AvgIpc) is 1.58. The smallest absolute Gasteiger partial charge is 0.304 e. The molecule has 0 saturated heterocycles. The van der Waals surface area contributed by atoms with Gasteiger partial charge in [0.05, 0.1) is 6.42 Å². The largest absolute Gasteiger partial charge is 0.481 e. The van der Waals surface area contributed by atoms with Crippen LogP contribution in [-0.2, 0) is 4.79 Å². The van der Waals surface area contributed by atoms with Gasteiger partial charge in [-0.3, -0.25) is 4.79 Å². The fourth-order valence-electron chi connectivity index (χ4n) is 0.759. The highest BCUT2D eigenvalue weighted by Gasteiger charge is 2.08. The number of hydrogen-bond donors (Lipinski definition) is 1. The molecule has 0 rings (SSSR count). The molecule has 0 spiro atoms. The number of rotatable bonds is 4. The Hall–Kier alpha value is -0.180. The van der Waals surface area contributed by atoms with Crippen LogP contribution in [0.25, 0.3) is 0 Å². The van der Waals surface area contributed by atoms with E-state index in [1.807, 2.05) is 6.92 Å². The second kappa shape index (κ2) is 4.61. The Morgan fingerprint density at radius 2 is 2.00 bits per heavy atom. The van der Waals surface area contributed by atoms with Gasteiger partial charge in [0.2, 0.25) is 0 Å². The second-order valence-corrected chi connectivity index (χ2v) is 4.61. The van der Waals surface area contributed by atoms with E-state index >= 15 is 0 Å². The van der Waals surface area contributed by atoms with Crippen LogP contribution in [0.5, 0.6) is 0 Å². The highest BCUT2D eigenvalue weighted by atomic mass is 32.2. The highest BCUT2D eigenvalue weighted by molar-refractivity contribution is 8.00. The molecule has 1 atom stereocenters. The fraction of sp³-hybridized carbons (Fsp3) is 0.857. The Kier molecular flexibility index (Phi) is 4.52. The van der Waals surface area contributed by atoms with Crippen molar-refractivity contribution in [3.05, 3.63) is 0 Å². The van der Waals surface area contributed by atoms with E-state index in [0.29, 0.717) is 5.25 Å². The molecule has 0 aromatic heterocycles. The summed E-state index contributed by atoms with van der Waals surface area (Å²) in [6.07, 6.45) is 0.267. The van der Waals surface area contributed by atoms with E-state index in [4.69, 9.17) is 5.11 Å². The normalized spacial score (nSPS) is 13.6. The molecule has 0 aliphatic carbocycles. The van der Waals surface area contributed by atoms with Crippen molar-refractivity contribution in [1.29, 1.82) is 0 Å². The maximum Gasteiger partial charge on any atom is 0.304 e. The third-order valence-corrected chi connectivity index (χ3v) is 2.14. The Bertz CT molecular complexity index is 112. The summed E-state index contributed by atoms with van der Waals surface area (Å²) in [5.74, 6) is -0.708. The lowest BCUT2D eigenvalue weighted by Crippen LogP contribution is -2.08. The van der Waals surface area contributed by atoms with E-state index < -0.39 is 5.97 Å². The third-order valence-electron chi connectivity index (χ3n) is 0.967. The Labute approximate surface area is 66.0 Å². The molecule has 10 heavy (non-hydrogen) atoms. The van der Waals surface area contributed by atoms with Crippen LogP contribution in [0, 0.1) is 0 Å². The van der Waals surface area contributed by atoms with Gasteiger partial charge in [-0.15, -0.1) is 0 Å². The van der Waals surface area contributed by atoms with Crippen molar-refractivity contribution in [3.63, 3.8) is 0 Å². The van der Waals surface area contributed by atoms with Crippen molar-refractivity contribution in [2.24, 2.45) is 0 Å². The first-order valence-electron chi connectivity index (χ1n) is 3.39. The first-order valence-corrected chi connectivity index (χ1v) is 4.34. The monoisotopic (exact) mass is 162 g/mol. The quantitative estimate of drug-likeness (QED) is 0.687. The van der Waals surface area contributed by atoms with Crippen molar-refractivity contribution in [1.82, 2.24) is 0 Å². The molecule has 0 fully saturated rings. The molecule has 0 saturated carbocycles. The Morgan fingerprint density at radius 3 is 2.30 bits per heavy atom. The average molecular weight is 162 g/mol. The molecule has 0 aliphatic rings. The number of thioether (sulfide) groups is 1. The lowest BCUT2D eigenvalue weighted by Gasteiger charge is -2.10. The number of carboxylic acids is 1. The molecule has 0 aromatic rings. The molecule has 0 bridgehead atoms. The molecular weight excluding hydrogens is 148 g/mol. The molecule has 0 amide bonds. The van der Waals surface area contributed by atoms with Gasteiger partial charge in [0.1, 0.15) is 0 Å². The number of hydrogen-bond acceptors (Lipinski definition) is 2. The summed E-state index contributed by atoms with van der Waals surface area (Å²) in [5.41, 5.74) is 0. The Balaban J connectivity index is 3.43. The maximum absolute atomic E-state index is 10.2. The van der Waals surface area contributed by atoms with Crippen molar-refractivity contribution in [2.45, 2.75) is 37.7 Å². The van der Waals surface area contributed by atoms with Crippen LogP contribution in [-0.4, -0.2) is 21.6 Å². The van der Waals surface area contributed by atoms with E-state index in [2.05, 4.69) is 13.8 Å². The summed E-state index contributed by atoms with van der Waals surface area (Å²) in [6.45, 7) is 6.09. The molecule has 1 N–H and O–H groups in total. The molecule has 0 radical (unpaired) electrons. The molecule has 0 heterocycles. The summed E-state index contributed by atoms with van der Waals surface area (Å²) in [7, 11) is 0. The van der Waals surface area contributed by atoms with Crippen LogP contribution in [0.15, 0.2) is 0 Å². The van der Waals surface area contributed by atoms with Crippen LogP contribution in [0.4, 0.5) is 0 Å². The van der Waals surface area contributed by atoms with Gasteiger partial charge in [0.15, 0.2) is 0 Å². The summed E-state index contributed by atoms with van der Waals surface area (Å²) in [4.78, 5) is 10.2. The molecule has 0 aromatic carbocycles. The summed E-state index contributed by atoms with van der Waals surface area (Å²) in [5, 5.41) is 9.14. The van der Waals surface area contributed by atoms with Crippen molar-refractivity contribution in [2.75, 3.05) is 0 Å². The van der Waals surface area contributed by atoms with Crippen LogP contribution in [0.2, 0.25) is 0 Å². The van der Waals surface area contributed by atoms with E-state index in [1.165, 1.54) is 0 Å². The van der Waals surface area contributed by atoms with Gasteiger partial charge >= 0.3 is 5.97 Å². The fourth-order valence-corrected chi connectivity index (χ4v) is 1.93. The summed E-state index contributed by atoms with van der Waals surface area (Å²) in [6, 6.07) is 0. The van der Waals surface area contributed by atoms with Gasteiger partial charge in [-0.1, -0.05) is 20.8 Å². The van der Waals surface area contributed by atoms with E-state index in [-0.39, 0.29) is 11.7 Å². The number of carbonyl (C=O) groups is 1. The van der Waals surface area contributed by atoms with Crippen LogP contribution in [0.3, 0.4) is 0 Å². The van der Waals surface area contributed by atoms with Gasteiger partial charge < -0.3 is 5.11 Å². The zero-order chi connectivity index (χ0) is 8.15. The van der Waals surface area contributed by atoms with Crippen molar-refractivity contribution >= 4 is 17.7 Å². The highest BCUT2D eigenvalue weighted by Crippen LogP contribution is 2.18. The summed E-state index contributed by atoms with van der Waals surface area (Å²) < 4.78 is 0. The minimum absolute atomic E-state index is 0.234. The molecule has 60 valence electrons. The first kappa shape index (κ1) is 9.82. The lowest BCUT2D eigenvalue weighted by atomic mass is 10.3. The molecule has 1 unspecified atom stereocenters.